The lowest BCUT2D eigenvalue weighted by Crippen LogP contribution is -2.02. The Morgan fingerprint density at radius 2 is 0.604 bits per heavy atom. The van der Waals surface area contributed by atoms with E-state index in [-0.39, 0.29) is 0 Å². The molecule has 25 rings (SSSR count). The van der Waals surface area contributed by atoms with Gasteiger partial charge in [-0.05, 0) is 105 Å². The highest BCUT2D eigenvalue weighted by atomic mass is 32.1. The van der Waals surface area contributed by atoms with Gasteiger partial charge in [-0.3, -0.25) is 9.13 Å². The Morgan fingerprint density at radius 3 is 1.14 bits per heavy atom. The molecule has 0 aliphatic carbocycles. The lowest BCUT2D eigenvalue weighted by atomic mass is 9.95. The maximum Gasteiger partial charge on any atom is 0.235 e. The molecule has 0 bridgehead atoms. The van der Waals surface area contributed by atoms with Crippen LogP contribution in [0.25, 0.3) is 239 Å². The van der Waals surface area contributed by atoms with E-state index in [9.17, 15) is 0 Å². The number of hydrogen-bond acceptors (Lipinski definition) is 9. The number of rotatable bonds is 7. The minimum Gasteiger partial charge on any atom is -0.455 e. The van der Waals surface area contributed by atoms with E-state index in [0.717, 1.165) is 174 Å². The van der Waals surface area contributed by atoms with Gasteiger partial charge in [-0.1, -0.05) is 267 Å². The van der Waals surface area contributed by atoms with E-state index in [1.165, 1.54) is 53.6 Å². The van der Waals surface area contributed by atoms with Crippen LogP contribution in [0.3, 0.4) is 0 Å². The van der Waals surface area contributed by atoms with Crippen molar-refractivity contribution in [3.63, 3.8) is 0 Å². The van der Waals surface area contributed by atoms with Crippen LogP contribution < -0.4 is 0 Å². The van der Waals surface area contributed by atoms with Crippen LogP contribution >= 0.6 is 22.7 Å². The molecule has 0 aliphatic rings. The lowest BCUT2D eigenvalue weighted by Gasteiger charge is -2.10. The fourth-order valence-corrected chi connectivity index (χ4v) is 19.7. The Hall–Kier alpha value is -14.4. The minimum atomic E-state index is 0.600. The molecule has 0 spiro atoms. The van der Waals surface area contributed by atoms with Crippen molar-refractivity contribution in [2.75, 3.05) is 0 Å². The Labute approximate surface area is 639 Å². The Balaban J connectivity index is 0.000000129. The third-order valence-corrected chi connectivity index (χ3v) is 24.8. The SMILES string of the molecule is c1ccc(-c2cc3c4cc5c6ccccc6n(-c6nc(-c7cccc8c7oc7ccccc78)c7sc8ccccc8c7n6)c5cc4oc3c3ccccc23)cc1.c1ccc(-c2ccc(-c3nc(-n4c5ccccc5c5cc6c(cc54)oc4c5ccccc5c(-c5ccccc5)cc64)nc4c3sc3ccccc34)cc2)cc1. The van der Waals surface area contributed by atoms with Gasteiger partial charge in [0, 0.05) is 108 Å². The molecule has 0 aliphatic heterocycles. The summed E-state index contributed by atoms with van der Waals surface area (Å²) in [5.41, 5.74) is 22.0. The van der Waals surface area contributed by atoms with Crippen LogP contribution in [0.1, 0.15) is 0 Å². The molecule has 516 valence electrons. The van der Waals surface area contributed by atoms with Gasteiger partial charge in [0.15, 0.2) is 0 Å². The molecule has 111 heavy (non-hydrogen) atoms. The van der Waals surface area contributed by atoms with Crippen LogP contribution in [0.15, 0.2) is 353 Å². The maximum atomic E-state index is 6.87. The number of furan rings is 3. The van der Waals surface area contributed by atoms with Crippen molar-refractivity contribution in [3.8, 4) is 67.8 Å². The number of thiophene rings is 2. The fraction of sp³-hybridized carbons (Fsp3) is 0. The zero-order valence-electron chi connectivity index (χ0n) is 59.1. The van der Waals surface area contributed by atoms with Gasteiger partial charge < -0.3 is 13.3 Å². The highest BCUT2D eigenvalue weighted by Gasteiger charge is 2.27. The van der Waals surface area contributed by atoms with E-state index in [1.54, 1.807) is 22.7 Å². The van der Waals surface area contributed by atoms with Crippen LogP contribution in [0, 0.1) is 0 Å². The highest BCUT2D eigenvalue weighted by molar-refractivity contribution is 7.26. The molecular formula is C100H56N6O3S2. The molecule has 9 aromatic heterocycles. The topological polar surface area (TPSA) is 101 Å². The zero-order valence-corrected chi connectivity index (χ0v) is 60.7. The minimum absolute atomic E-state index is 0.600. The van der Waals surface area contributed by atoms with Gasteiger partial charge in [0.25, 0.3) is 0 Å². The number of fused-ring (bicyclic) bond motifs is 25. The second-order valence-corrected chi connectivity index (χ2v) is 30.7. The molecule has 16 aromatic carbocycles. The van der Waals surface area contributed by atoms with Crippen molar-refractivity contribution in [2.45, 2.75) is 0 Å². The molecule has 25 aromatic rings. The predicted molar refractivity (Wildman–Crippen MR) is 463 cm³/mol. The molecule has 11 heteroatoms. The second kappa shape index (κ2) is 24.1. The van der Waals surface area contributed by atoms with Crippen molar-refractivity contribution >= 4 is 194 Å². The first-order valence-corrected chi connectivity index (χ1v) is 38.9. The van der Waals surface area contributed by atoms with Crippen LogP contribution in [-0.4, -0.2) is 29.1 Å². The van der Waals surface area contributed by atoms with E-state index in [2.05, 4.69) is 337 Å². The molecule has 0 saturated heterocycles. The summed E-state index contributed by atoms with van der Waals surface area (Å²) in [5, 5.41) is 17.8. The molecule has 0 atom stereocenters. The summed E-state index contributed by atoms with van der Waals surface area (Å²) in [6, 6.07) is 120. The van der Waals surface area contributed by atoms with E-state index < -0.39 is 0 Å². The van der Waals surface area contributed by atoms with Gasteiger partial charge in [-0.2, -0.15) is 0 Å². The van der Waals surface area contributed by atoms with Crippen molar-refractivity contribution in [3.05, 3.63) is 340 Å². The molecule has 0 radical (unpaired) electrons. The molecule has 0 unspecified atom stereocenters. The Kier molecular flexibility index (Phi) is 13.4. The summed E-state index contributed by atoms with van der Waals surface area (Å²) in [6.07, 6.45) is 0. The molecule has 0 N–H and O–H groups in total. The second-order valence-electron chi connectivity index (χ2n) is 28.6. The number of para-hydroxylation sites is 4. The largest absolute Gasteiger partial charge is 0.455 e. The Morgan fingerprint density at radius 1 is 0.216 bits per heavy atom. The van der Waals surface area contributed by atoms with Gasteiger partial charge >= 0.3 is 0 Å². The third-order valence-electron chi connectivity index (χ3n) is 22.5. The monoisotopic (exact) mass is 1450 g/mol. The Bertz CT molecular complexity index is 8210. The first kappa shape index (κ1) is 61.8. The first-order chi connectivity index (χ1) is 55.0. The first-order valence-electron chi connectivity index (χ1n) is 37.2. The fourth-order valence-electron chi connectivity index (χ4n) is 17.4. The molecule has 9 heterocycles. The number of hydrogen-bond donors (Lipinski definition) is 0. The van der Waals surface area contributed by atoms with Gasteiger partial charge in [0.2, 0.25) is 11.9 Å². The predicted octanol–water partition coefficient (Wildman–Crippen LogP) is 28.2. The number of aromatic nitrogens is 6. The molecule has 9 nitrogen and oxygen atoms in total. The summed E-state index contributed by atoms with van der Waals surface area (Å²) in [4.78, 5) is 21.8. The summed E-state index contributed by atoms with van der Waals surface area (Å²) in [5.74, 6) is 1.24. The zero-order chi connectivity index (χ0) is 72.5. The standard InChI is InChI=1S/C50H27N3O2S.C50H29N3OS/c1-2-13-28(14-3-1)36-25-39-38-26-37-30-16-6-9-22-40(30)53(41(37)27-43(38)55-48(39)32-18-5-4-15-29(32)36)50-51-45-34-19-8-11-24-44(34)56-49(45)46(52-50)35-21-12-20-33-31-17-7-10-23-42(31)54-47(33)35;1-3-13-30(14-4-1)31-23-25-33(26-24-31)46-49-47(37-20-10-12-22-45(37)55-49)52-50(51-46)53-42-21-11-9-18-35(42)39-28-40-41-27-38(32-15-5-2-6-16-32)34-17-7-8-19-36(34)48(41)54-44(40)29-43(39)53/h1-27H;1-29H. The molecular weight excluding hydrogens is 1400 g/mol. The van der Waals surface area contributed by atoms with E-state index in [0.29, 0.717) is 11.9 Å². The maximum absolute atomic E-state index is 6.87. The van der Waals surface area contributed by atoms with E-state index in [4.69, 9.17) is 33.2 Å². The number of nitrogens with zero attached hydrogens (tertiary/aromatic N) is 6. The molecule has 0 saturated carbocycles. The number of benzene rings is 16. The summed E-state index contributed by atoms with van der Waals surface area (Å²) in [7, 11) is 0. The van der Waals surface area contributed by atoms with Crippen molar-refractivity contribution in [2.24, 2.45) is 0 Å². The van der Waals surface area contributed by atoms with Crippen molar-refractivity contribution < 1.29 is 13.3 Å². The van der Waals surface area contributed by atoms with Crippen molar-refractivity contribution in [1.29, 1.82) is 0 Å². The molecule has 0 amide bonds. The third kappa shape index (κ3) is 9.40. The van der Waals surface area contributed by atoms with Gasteiger partial charge in [0.05, 0.1) is 53.9 Å². The van der Waals surface area contributed by atoms with Gasteiger partial charge in [0.1, 0.15) is 33.5 Å². The van der Waals surface area contributed by atoms with Crippen LogP contribution in [0.5, 0.6) is 0 Å². The molecule has 0 fully saturated rings. The van der Waals surface area contributed by atoms with E-state index >= 15 is 0 Å². The van der Waals surface area contributed by atoms with Gasteiger partial charge in [-0.15, -0.1) is 22.7 Å². The van der Waals surface area contributed by atoms with Crippen LogP contribution in [0.4, 0.5) is 0 Å². The summed E-state index contributed by atoms with van der Waals surface area (Å²) in [6.45, 7) is 0. The average Bonchev–Trinajstić information content (AvgIpc) is 1.56. The average molecular weight is 1450 g/mol. The van der Waals surface area contributed by atoms with Crippen LogP contribution in [0.2, 0.25) is 0 Å². The van der Waals surface area contributed by atoms with Crippen molar-refractivity contribution in [1.82, 2.24) is 29.1 Å². The van der Waals surface area contributed by atoms with Gasteiger partial charge in [-0.25, -0.2) is 19.9 Å². The normalized spacial score (nSPS) is 12.1. The van der Waals surface area contributed by atoms with E-state index in [1.807, 2.05) is 12.1 Å². The summed E-state index contributed by atoms with van der Waals surface area (Å²) < 4.78 is 29.2. The quantitative estimate of drug-likeness (QED) is 0.157. The smallest absolute Gasteiger partial charge is 0.235 e. The lowest BCUT2D eigenvalue weighted by molar-refractivity contribution is 0.670. The van der Waals surface area contributed by atoms with Crippen LogP contribution in [-0.2, 0) is 0 Å². The summed E-state index contributed by atoms with van der Waals surface area (Å²) >= 11 is 3.48. The highest BCUT2D eigenvalue weighted by Crippen LogP contribution is 2.49.